The number of amides is 1. The molecule has 2 N–H and O–H groups in total. The van der Waals surface area contributed by atoms with Gasteiger partial charge in [0.15, 0.2) is 0 Å². The van der Waals surface area contributed by atoms with E-state index in [4.69, 9.17) is 16.3 Å². The number of morpholine rings is 1. The molecule has 2 aromatic rings. The molecule has 154 valence electrons. The number of anilines is 1. The maximum Gasteiger partial charge on any atom is 0.244 e. The standard InChI is InChI=1S/C21H21ClF2N2O3/c22-16-4-1-14(18(24)12-16)3-6-21(28)25-19(13-27)15-2-5-17(23)20(11-15)26-7-9-29-10-8-26/h1-6,11-12,19,27H,7-10,13H2,(H,25,28)/b6-3+/t19-/m0/s1. The van der Waals surface area contributed by atoms with E-state index in [2.05, 4.69) is 5.32 Å². The average molecular weight is 423 g/mol. The van der Waals surface area contributed by atoms with Crippen LogP contribution in [0.25, 0.3) is 6.08 Å². The second kappa shape index (κ2) is 9.82. The predicted molar refractivity (Wildman–Crippen MR) is 108 cm³/mol. The molecule has 1 heterocycles. The third kappa shape index (κ3) is 5.53. The van der Waals surface area contributed by atoms with Crippen LogP contribution in [0.2, 0.25) is 5.02 Å². The zero-order valence-electron chi connectivity index (χ0n) is 15.6. The molecule has 0 radical (unpaired) electrons. The van der Waals surface area contributed by atoms with Gasteiger partial charge in [0.1, 0.15) is 11.6 Å². The lowest BCUT2D eigenvalue weighted by molar-refractivity contribution is -0.117. The normalized spacial score (nSPS) is 15.5. The van der Waals surface area contributed by atoms with Gasteiger partial charge in [-0.1, -0.05) is 23.7 Å². The maximum absolute atomic E-state index is 14.3. The fourth-order valence-corrected chi connectivity index (χ4v) is 3.21. The number of carbonyl (C=O) groups excluding carboxylic acids is 1. The van der Waals surface area contributed by atoms with Crippen molar-refractivity contribution in [3.8, 4) is 0 Å². The first-order valence-electron chi connectivity index (χ1n) is 9.14. The second-order valence-corrected chi connectivity index (χ2v) is 6.99. The van der Waals surface area contributed by atoms with Crippen LogP contribution in [0.5, 0.6) is 0 Å². The van der Waals surface area contributed by atoms with Gasteiger partial charge in [0, 0.05) is 29.8 Å². The smallest absolute Gasteiger partial charge is 0.244 e. The van der Waals surface area contributed by atoms with Crippen molar-refractivity contribution >= 4 is 29.3 Å². The molecule has 0 unspecified atom stereocenters. The molecule has 0 spiro atoms. The van der Waals surface area contributed by atoms with Gasteiger partial charge in [-0.05, 0) is 35.9 Å². The van der Waals surface area contributed by atoms with Crippen LogP contribution in [0.4, 0.5) is 14.5 Å². The molecule has 0 saturated carbocycles. The van der Waals surface area contributed by atoms with Gasteiger partial charge < -0.3 is 20.1 Å². The number of nitrogens with one attached hydrogen (secondary N) is 1. The first kappa shape index (κ1) is 21.2. The topological polar surface area (TPSA) is 61.8 Å². The molecule has 0 aliphatic carbocycles. The SMILES string of the molecule is O=C(/C=C/c1ccc(Cl)cc1F)N[C@@H](CO)c1ccc(F)c(N2CCOCC2)c1. The van der Waals surface area contributed by atoms with Crippen molar-refractivity contribution in [3.63, 3.8) is 0 Å². The zero-order valence-corrected chi connectivity index (χ0v) is 16.3. The van der Waals surface area contributed by atoms with E-state index in [1.165, 1.54) is 36.4 Å². The molecule has 1 atom stereocenters. The monoisotopic (exact) mass is 422 g/mol. The van der Waals surface area contributed by atoms with E-state index >= 15 is 0 Å². The minimum Gasteiger partial charge on any atom is -0.394 e. The summed E-state index contributed by atoms with van der Waals surface area (Å²) in [6, 6.07) is 7.84. The molecular weight excluding hydrogens is 402 g/mol. The van der Waals surface area contributed by atoms with Gasteiger partial charge >= 0.3 is 0 Å². The molecule has 8 heteroatoms. The highest BCUT2D eigenvalue weighted by Crippen LogP contribution is 2.25. The summed E-state index contributed by atoms with van der Waals surface area (Å²) in [5.41, 5.74) is 1.17. The Morgan fingerprint density at radius 2 is 1.97 bits per heavy atom. The molecular formula is C21H21ClF2N2O3. The number of aliphatic hydroxyl groups is 1. The van der Waals surface area contributed by atoms with Crippen molar-refractivity contribution in [2.24, 2.45) is 0 Å². The van der Waals surface area contributed by atoms with Crippen LogP contribution in [0.15, 0.2) is 42.5 Å². The Kier molecular flexibility index (Phi) is 7.19. The predicted octanol–water partition coefficient (Wildman–Crippen LogP) is 3.32. The number of ether oxygens (including phenoxy) is 1. The van der Waals surface area contributed by atoms with Crippen LogP contribution in [0, 0.1) is 11.6 Å². The summed E-state index contributed by atoms with van der Waals surface area (Å²) >= 11 is 5.71. The van der Waals surface area contributed by atoms with E-state index in [0.29, 0.717) is 37.6 Å². The number of rotatable bonds is 6. The summed E-state index contributed by atoms with van der Waals surface area (Å²) in [4.78, 5) is 14.1. The van der Waals surface area contributed by atoms with Crippen molar-refractivity contribution in [1.29, 1.82) is 0 Å². The number of hydrogen-bond donors (Lipinski definition) is 2. The van der Waals surface area contributed by atoms with Crippen LogP contribution < -0.4 is 10.2 Å². The fourth-order valence-electron chi connectivity index (χ4n) is 3.05. The summed E-state index contributed by atoms with van der Waals surface area (Å²) < 4.78 is 33.4. The van der Waals surface area contributed by atoms with E-state index in [0.717, 1.165) is 6.07 Å². The lowest BCUT2D eigenvalue weighted by atomic mass is 10.1. The largest absolute Gasteiger partial charge is 0.394 e. The van der Waals surface area contributed by atoms with Crippen LogP contribution in [-0.2, 0) is 9.53 Å². The highest BCUT2D eigenvalue weighted by molar-refractivity contribution is 6.30. The molecule has 3 rings (SSSR count). The minimum atomic E-state index is -0.734. The maximum atomic E-state index is 14.3. The molecule has 1 aliphatic heterocycles. The molecule has 1 saturated heterocycles. The number of benzene rings is 2. The Hall–Kier alpha value is -2.48. The molecule has 5 nitrogen and oxygen atoms in total. The van der Waals surface area contributed by atoms with Gasteiger partial charge in [0.2, 0.25) is 5.91 Å². The molecule has 29 heavy (non-hydrogen) atoms. The molecule has 2 aromatic carbocycles. The van der Waals surface area contributed by atoms with E-state index in [9.17, 15) is 18.7 Å². The summed E-state index contributed by atoms with van der Waals surface area (Å²) in [6.45, 7) is 1.77. The van der Waals surface area contributed by atoms with Crippen LogP contribution in [-0.4, -0.2) is 43.9 Å². The third-order valence-corrected chi connectivity index (χ3v) is 4.84. The van der Waals surface area contributed by atoms with E-state index in [1.54, 1.807) is 6.07 Å². The molecule has 0 bridgehead atoms. The van der Waals surface area contributed by atoms with Crippen molar-refractivity contribution in [3.05, 3.63) is 70.3 Å². The number of nitrogens with zero attached hydrogens (tertiary/aromatic N) is 1. The van der Waals surface area contributed by atoms with E-state index in [-0.39, 0.29) is 23.0 Å². The second-order valence-electron chi connectivity index (χ2n) is 6.55. The molecule has 1 amide bonds. The average Bonchev–Trinajstić information content (AvgIpc) is 2.72. The van der Waals surface area contributed by atoms with Gasteiger partial charge in [0.05, 0.1) is 31.5 Å². The molecule has 1 fully saturated rings. The quantitative estimate of drug-likeness (QED) is 0.701. The van der Waals surface area contributed by atoms with E-state index < -0.39 is 17.8 Å². The summed E-state index contributed by atoms with van der Waals surface area (Å²) in [5.74, 6) is -1.44. The van der Waals surface area contributed by atoms with Crippen LogP contribution in [0.3, 0.4) is 0 Å². The fraction of sp³-hybridized carbons (Fsp3) is 0.286. The minimum absolute atomic E-state index is 0.210. The van der Waals surface area contributed by atoms with Gasteiger partial charge in [0.25, 0.3) is 0 Å². The number of carbonyl (C=O) groups is 1. The summed E-state index contributed by atoms with van der Waals surface area (Å²) in [5, 5.41) is 12.6. The Labute approximate surface area is 172 Å². The Morgan fingerprint density at radius 1 is 1.21 bits per heavy atom. The van der Waals surface area contributed by atoms with Crippen molar-refractivity contribution < 1.29 is 23.4 Å². The Morgan fingerprint density at radius 3 is 2.66 bits per heavy atom. The highest BCUT2D eigenvalue weighted by atomic mass is 35.5. The molecule has 0 aromatic heterocycles. The first-order valence-corrected chi connectivity index (χ1v) is 9.52. The highest BCUT2D eigenvalue weighted by Gasteiger charge is 2.19. The van der Waals surface area contributed by atoms with Crippen molar-refractivity contribution in [2.75, 3.05) is 37.8 Å². The van der Waals surface area contributed by atoms with Crippen molar-refractivity contribution in [2.45, 2.75) is 6.04 Å². The summed E-state index contributed by atoms with van der Waals surface area (Å²) in [7, 11) is 0. The Bertz CT molecular complexity index is 901. The number of aliphatic hydroxyl groups excluding tert-OH is 1. The van der Waals surface area contributed by atoms with Crippen molar-refractivity contribution in [1.82, 2.24) is 5.32 Å². The first-order chi connectivity index (χ1) is 14.0. The summed E-state index contributed by atoms with van der Waals surface area (Å²) in [6.07, 6.45) is 2.49. The van der Waals surface area contributed by atoms with E-state index in [1.807, 2.05) is 4.90 Å². The van der Waals surface area contributed by atoms with Gasteiger partial charge in [-0.3, -0.25) is 4.79 Å². The zero-order chi connectivity index (χ0) is 20.8. The van der Waals surface area contributed by atoms with Crippen LogP contribution in [0.1, 0.15) is 17.2 Å². The number of halogens is 3. The third-order valence-electron chi connectivity index (χ3n) is 4.60. The number of hydrogen-bond acceptors (Lipinski definition) is 4. The van der Waals surface area contributed by atoms with Gasteiger partial charge in [-0.2, -0.15) is 0 Å². The lowest BCUT2D eigenvalue weighted by Crippen LogP contribution is -2.37. The molecule has 1 aliphatic rings. The van der Waals surface area contributed by atoms with Gasteiger partial charge in [-0.15, -0.1) is 0 Å². The van der Waals surface area contributed by atoms with Crippen LogP contribution >= 0.6 is 11.6 Å². The Balaban J connectivity index is 1.72. The lowest BCUT2D eigenvalue weighted by Gasteiger charge is -2.30. The van der Waals surface area contributed by atoms with Gasteiger partial charge in [-0.25, -0.2) is 8.78 Å².